The number of piperidine rings is 4. The Morgan fingerprint density at radius 2 is 1.42 bits per heavy atom. The number of benzene rings is 4. The maximum absolute atomic E-state index is 15.7. The third kappa shape index (κ3) is 10.9. The zero-order valence-electron chi connectivity index (χ0n) is 44.3. The number of ether oxygens (including phenoxy) is 1. The van der Waals surface area contributed by atoms with Crippen molar-refractivity contribution in [2.45, 2.75) is 57.4 Å². The van der Waals surface area contributed by atoms with Crippen molar-refractivity contribution in [3.05, 3.63) is 113 Å². The molecule has 4 aromatic carbocycles. The molecule has 5 aliphatic heterocycles. The topological polar surface area (TPSA) is 187 Å². The van der Waals surface area contributed by atoms with E-state index < -0.39 is 42.6 Å². The number of aryl methyl sites for hydroxylation is 1. The first kappa shape index (κ1) is 53.1. The molecule has 0 spiro atoms. The number of carbonyl (C=O) groups excluding carboxylic acids is 4. The molecule has 7 heterocycles. The monoisotopic (exact) mass is 1140 g/mol. The van der Waals surface area contributed by atoms with Crippen LogP contribution in [0.3, 0.4) is 0 Å². The molecule has 3 N–H and O–H groups in total. The van der Waals surface area contributed by atoms with Crippen molar-refractivity contribution in [1.82, 2.24) is 34.9 Å². The highest BCUT2D eigenvalue weighted by molar-refractivity contribution is 9.10. The average Bonchev–Trinajstić information content (AvgIpc) is 4.16. The van der Waals surface area contributed by atoms with Crippen LogP contribution in [0.2, 0.25) is 0 Å². The summed E-state index contributed by atoms with van der Waals surface area (Å²) in [6.45, 7) is 9.78. The van der Waals surface area contributed by atoms with E-state index in [0.29, 0.717) is 69.9 Å². The number of aromatic nitrogens is 4. The summed E-state index contributed by atoms with van der Waals surface area (Å²) >= 11 is 3.64. The lowest BCUT2D eigenvalue weighted by atomic mass is 9.78. The van der Waals surface area contributed by atoms with Gasteiger partial charge in [-0.05, 0) is 147 Å². The Kier molecular flexibility index (Phi) is 15.0. The van der Waals surface area contributed by atoms with Gasteiger partial charge in [-0.2, -0.15) is 10.1 Å². The Bertz CT molecular complexity index is 3350. The summed E-state index contributed by atoms with van der Waals surface area (Å²) in [5, 5.41) is 14.4. The highest BCUT2D eigenvalue weighted by Crippen LogP contribution is 2.45. The summed E-state index contributed by atoms with van der Waals surface area (Å²) in [6, 6.07) is 21.7. The van der Waals surface area contributed by atoms with Gasteiger partial charge in [-0.1, -0.05) is 36.4 Å². The number of rotatable bonds is 14. The molecule has 17 nitrogen and oxygen atoms in total. The summed E-state index contributed by atoms with van der Waals surface area (Å²) in [6.07, 6.45) is 12.0. The number of methoxy groups -OCH3 is 1. The number of fused-ring (bicyclic) bond motifs is 1. The van der Waals surface area contributed by atoms with E-state index in [1.54, 1.807) is 26.6 Å². The number of hydrogen-bond acceptors (Lipinski definition) is 14. The number of halogens is 2. The molecule has 1 unspecified atom stereocenters. The van der Waals surface area contributed by atoms with Crippen LogP contribution in [0.15, 0.2) is 95.9 Å². The van der Waals surface area contributed by atoms with Gasteiger partial charge in [0.05, 0.1) is 46.0 Å². The van der Waals surface area contributed by atoms with E-state index in [1.807, 2.05) is 77.6 Å². The molecule has 4 amide bonds. The summed E-state index contributed by atoms with van der Waals surface area (Å²) < 4.78 is 37.9. The van der Waals surface area contributed by atoms with Gasteiger partial charge < -0.3 is 34.6 Å². The lowest BCUT2D eigenvalue weighted by Crippen LogP contribution is -2.54. The minimum Gasteiger partial charge on any atom is -0.494 e. The number of nitrogens with one attached hydrogen (secondary N) is 3. The first-order chi connectivity index (χ1) is 37.6. The Hall–Kier alpha value is -6.95. The molecular formula is C58H64BrFN11O6P. The smallest absolute Gasteiger partial charge is 0.262 e. The molecule has 406 valence electrons. The van der Waals surface area contributed by atoms with Crippen LogP contribution in [0.25, 0.3) is 22.3 Å². The van der Waals surface area contributed by atoms with Crippen molar-refractivity contribution in [2.24, 2.45) is 24.8 Å². The molecule has 4 saturated heterocycles. The van der Waals surface area contributed by atoms with E-state index in [-0.39, 0.29) is 24.0 Å². The molecule has 0 saturated carbocycles. The van der Waals surface area contributed by atoms with Crippen LogP contribution >= 0.6 is 23.1 Å². The van der Waals surface area contributed by atoms with Crippen molar-refractivity contribution in [3.8, 4) is 28.0 Å². The lowest BCUT2D eigenvalue weighted by molar-refractivity contribution is -0.136. The SMILES string of the molecule is COc1cc(N2CCC(C3CCN(CC4CCN(c5cc6c(cc5F)C(=O)N(C5CCC(=O)NC5=O)C6=O)CC4)CC3)CC2)c(-c2cnn(C)c2)cc1Nc1ncc(Br)c(Nc2ccc(-c3ccccc3)cc2P(C)(C)=O)n1. The number of carbonyl (C=O) groups is 4. The van der Waals surface area contributed by atoms with E-state index in [1.165, 1.54) is 6.07 Å². The average molecular weight is 1140 g/mol. The van der Waals surface area contributed by atoms with E-state index in [2.05, 4.69) is 63.9 Å². The minimum absolute atomic E-state index is 0.0211. The van der Waals surface area contributed by atoms with Crippen LogP contribution in [0.4, 0.5) is 38.9 Å². The normalized spacial score (nSPS) is 19.1. The van der Waals surface area contributed by atoms with Crippen LogP contribution in [0, 0.1) is 23.6 Å². The van der Waals surface area contributed by atoms with Gasteiger partial charge in [0.15, 0.2) is 0 Å². The van der Waals surface area contributed by atoms with Crippen LogP contribution in [-0.2, 0) is 21.2 Å². The van der Waals surface area contributed by atoms with Crippen LogP contribution in [0.1, 0.15) is 72.1 Å². The van der Waals surface area contributed by atoms with Gasteiger partial charge in [0.2, 0.25) is 17.8 Å². The third-order valence-corrected chi connectivity index (χ3v) is 18.5. The second-order valence-electron chi connectivity index (χ2n) is 21.8. The third-order valence-electron chi connectivity index (χ3n) is 16.4. The van der Waals surface area contributed by atoms with Crippen LogP contribution < -0.4 is 35.8 Å². The van der Waals surface area contributed by atoms with Crippen LogP contribution in [0.5, 0.6) is 5.75 Å². The van der Waals surface area contributed by atoms with Gasteiger partial charge in [0, 0.05) is 86.8 Å². The van der Waals surface area contributed by atoms with Crippen molar-refractivity contribution >= 4 is 86.5 Å². The van der Waals surface area contributed by atoms with Crippen LogP contribution in [-0.4, -0.2) is 125 Å². The van der Waals surface area contributed by atoms with E-state index in [9.17, 15) is 23.7 Å². The fourth-order valence-corrected chi connectivity index (χ4v) is 13.7. The van der Waals surface area contributed by atoms with E-state index in [4.69, 9.17) is 9.72 Å². The maximum Gasteiger partial charge on any atom is 0.262 e. The molecule has 78 heavy (non-hydrogen) atoms. The standard InChI is InChI=1S/C58H64BrFN11O6P/c1-67-34-40(31-62-67)41-28-47(64-58-61-32-44(59)54(66-58)63-46-11-10-39(26-52(46)78(3,4)76)36-8-6-5-7-9-36)51(77-2)30-49(41)69-24-18-38(19-25-69)37-16-20-68(21-17-37)33-35-14-22-70(23-15-35)50-29-43-42(27-45(50)60)56(74)71(57(43)75)48-12-13-53(72)65-55(48)73/h5-11,26-32,34-35,37-38,48H,12-25,33H2,1-4H3,(H,65,72,73)(H2,61,63,64,66). The molecule has 0 aliphatic carbocycles. The van der Waals surface area contributed by atoms with Gasteiger partial charge in [-0.3, -0.25) is 34.1 Å². The molecule has 0 radical (unpaired) electrons. The maximum atomic E-state index is 15.7. The molecule has 2 aromatic heterocycles. The minimum atomic E-state index is -2.72. The van der Waals surface area contributed by atoms with E-state index >= 15 is 4.39 Å². The first-order valence-electron chi connectivity index (χ1n) is 26.9. The predicted molar refractivity (Wildman–Crippen MR) is 305 cm³/mol. The number of likely N-dealkylation sites (tertiary alicyclic amines) is 1. The van der Waals surface area contributed by atoms with Gasteiger partial charge in [-0.15, -0.1) is 0 Å². The quantitative estimate of drug-likeness (QED) is 0.0692. The van der Waals surface area contributed by atoms with Gasteiger partial charge in [-0.25, -0.2) is 9.37 Å². The zero-order chi connectivity index (χ0) is 54.4. The van der Waals surface area contributed by atoms with E-state index in [0.717, 1.165) is 115 Å². The van der Waals surface area contributed by atoms with Crippen molar-refractivity contribution in [3.63, 3.8) is 0 Å². The zero-order valence-corrected chi connectivity index (χ0v) is 46.8. The molecule has 5 aliphatic rings. The van der Waals surface area contributed by atoms with Crippen molar-refractivity contribution in [2.75, 3.05) is 86.7 Å². The fourth-order valence-electron chi connectivity index (χ4n) is 12.2. The largest absolute Gasteiger partial charge is 0.494 e. The molecule has 4 fully saturated rings. The van der Waals surface area contributed by atoms with Crippen molar-refractivity contribution < 1.29 is 32.9 Å². The Labute approximate surface area is 461 Å². The van der Waals surface area contributed by atoms with Gasteiger partial charge in [0.1, 0.15) is 30.6 Å². The predicted octanol–water partition coefficient (Wildman–Crippen LogP) is 9.44. The second-order valence-corrected chi connectivity index (χ2v) is 25.8. The number of amides is 4. The number of imide groups is 2. The Morgan fingerprint density at radius 1 is 0.744 bits per heavy atom. The number of hydrogen-bond donors (Lipinski definition) is 3. The summed E-state index contributed by atoms with van der Waals surface area (Å²) in [7, 11) is 0.876. The molecule has 0 bridgehead atoms. The molecular weight excluding hydrogens is 1080 g/mol. The molecule has 11 rings (SSSR count). The summed E-state index contributed by atoms with van der Waals surface area (Å²) in [4.78, 5) is 68.4. The Balaban J connectivity index is 0.702. The van der Waals surface area contributed by atoms with Gasteiger partial charge in [0.25, 0.3) is 11.8 Å². The first-order valence-corrected chi connectivity index (χ1v) is 30.3. The highest BCUT2D eigenvalue weighted by atomic mass is 79.9. The highest BCUT2D eigenvalue weighted by Gasteiger charge is 2.45. The Morgan fingerprint density at radius 3 is 2.09 bits per heavy atom. The molecule has 20 heteroatoms. The fraction of sp³-hybridized carbons (Fsp3) is 0.397. The lowest BCUT2D eigenvalue weighted by Gasteiger charge is -2.42. The van der Waals surface area contributed by atoms with Crippen molar-refractivity contribution in [1.29, 1.82) is 0 Å². The summed E-state index contributed by atoms with van der Waals surface area (Å²) in [5.41, 5.74) is 6.86. The summed E-state index contributed by atoms with van der Waals surface area (Å²) in [5.74, 6) is 0.243. The molecule has 1 atom stereocenters. The number of anilines is 6. The van der Waals surface area contributed by atoms with Gasteiger partial charge >= 0.3 is 0 Å². The second kappa shape index (κ2) is 22.1. The number of nitrogens with zero attached hydrogens (tertiary/aromatic N) is 8. The molecule has 6 aromatic rings.